The number of benzene rings is 1. The minimum atomic E-state index is -0.856. The van der Waals surface area contributed by atoms with Gasteiger partial charge in [0.1, 0.15) is 0 Å². The van der Waals surface area contributed by atoms with E-state index in [1.807, 2.05) is 6.92 Å². The quantitative estimate of drug-likeness (QED) is 0.759. The van der Waals surface area contributed by atoms with Gasteiger partial charge in [0.15, 0.2) is 11.6 Å². The third-order valence-electron chi connectivity index (χ3n) is 2.38. The maximum absolute atomic E-state index is 12.9. The Bertz CT molecular complexity index is 361. The van der Waals surface area contributed by atoms with E-state index in [9.17, 15) is 8.78 Å². The highest BCUT2D eigenvalue weighted by Gasteiger charge is 2.10. The van der Waals surface area contributed by atoms with Crippen LogP contribution in [-0.2, 0) is 0 Å². The van der Waals surface area contributed by atoms with Gasteiger partial charge in [0.2, 0.25) is 0 Å². The Labute approximate surface area is 88.6 Å². The summed E-state index contributed by atoms with van der Waals surface area (Å²) in [5, 5.41) is 0. The van der Waals surface area contributed by atoms with Crippen molar-refractivity contribution >= 4 is 0 Å². The molecule has 0 heterocycles. The van der Waals surface area contributed by atoms with Crippen LogP contribution in [0.25, 0.3) is 0 Å². The van der Waals surface area contributed by atoms with Gasteiger partial charge in [-0.2, -0.15) is 0 Å². The van der Waals surface area contributed by atoms with Gasteiger partial charge in [0.25, 0.3) is 0 Å². The van der Waals surface area contributed by atoms with E-state index in [2.05, 4.69) is 6.58 Å². The molecule has 1 aromatic carbocycles. The summed E-state index contributed by atoms with van der Waals surface area (Å²) < 4.78 is 25.6. The normalized spacial score (nSPS) is 12.5. The predicted molar refractivity (Wildman–Crippen MR) is 57.3 cm³/mol. The lowest BCUT2D eigenvalue weighted by atomic mass is 9.99. The molecule has 0 saturated carbocycles. The molecule has 0 spiro atoms. The number of rotatable bonds is 4. The van der Waals surface area contributed by atoms with Gasteiger partial charge in [-0.15, -0.1) is 0 Å². The molecule has 0 radical (unpaired) electrons. The Balaban J connectivity index is 2.78. The maximum Gasteiger partial charge on any atom is 0.159 e. The van der Waals surface area contributed by atoms with Crippen molar-refractivity contribution in [2.24, 2.45) is 5.73 Å². The molecule has 82 valence electrons. The van der Waals surface area contributed by atoms with E-state index in [0.717, 1.165) is 24.1 Å². The standard InChI is InChI=1S/C12H15F2N/c1-3-8(2)6-12(15)9-4-5-10(13)11(14)7-9/h4-5,7,12H,2-3,6,15H2,1H3. The average molecular weight is 211 g/mol. The largest absolute Gasteiger partial charge is 0.324 e. The second kappa shape index (κ2) is 5.03. The highest BCUT2D eigenvalue weighted by Crippen LogP contribution is 2.20. The predicted octanol–water partition coefficient (Wildman–Crippen LogP) is 3.32. The fourth-order valence-electron chi connectivity index (χ4n) is 1.32. The zero-order valence-corrected chi connectivity index (χ0v) is 8.76. The smallest absolute Gasteiger partial charge is 0.159 e. The summed E-state index contributed by atoms with van der Waals surface area (Å²) >= 11 is 0. The van der Waals surface area contributed by atoms with Gasteiger partial charge in [-0.05, 0) is 30.5 Å². The topological polar surface area (TPSA) is 26.0 Å². The van der Waals surface area contributed by atoms with Crippen LogP contribution in [0.3, 0.4) is 0 Å². The number of hydrogen-bond donors (Lipinski definition) is 1. The maximum atomic E-state index is 12.9. The molecule has 0 amide bonds. The van der Waals surface area contributed by atoms with Crippen LogP contribution in [-0.4, -0.2) is 0 Å². The summed E-state index contributed by atoms with van der Waals surface area (Å²) in [6, 6.07) is 3.43. The first kappa shape index (κ1) is 11.9. The SMILES string of the molecule is C=C(CC)CC(N)c1ccc(F)c(F)c1. The van der Waals surface area contributed by atoms with Gasteiger partial charge in [-0.1, -0.05) is 25.1 Å². The minimum absolute atomic E-state index is 0.312. The summed E-state index contributed by atoms with van der Waals surface area (Å²) in [4.78, 5) is 0. The fraction of sp³-hybridized carbons (Fsp3) is 0.333. The zero-order valence-electron chi connectivity index (χ0n) is 8.76. The molecule has 0 aliphatic carbocycles. The van der Waals surface area contributed by atoms with Crippen molar-refractivity contribution < 1.29 is 8.78 Å². The van der Waals surface area contributed by atoms with Crippen LogP contribution in [0.5, 0.6) is 0 Å². The molecule has 1 aromatic rings. The Morgan fingerprint density at radius 2 is 2.07 bits per heavy atom. The summed E-state index contributed by atoms with van der Waals surface area (Å²) in [6.45, 7) is 5.82. The van der Waals surface area contributed by atoms with Crippen molar-refractivity contribution in [2.45, 2.75) is 25.8 Å². The van der Waals surface area contributed by atoms with Crippen LogP contribution in [0.4, 0.5) is 8.78 Å². The van der Waals surface area contributed by atoms with Crippen molar-refractivity contribution in [1.29, 1.82) is 0 Å². The highest BCUT2D eigenvalue weighted by molar-refractivity contribution is 5.22. The molecule has 0 saturated heterocycles. The van der Waals surface area contributed by atoms with Gasteiger partial charge in [0.05, 0.1) is 0 Å². The first-order valence-corrected chi connectivity index (χ1v) is 4.91. The van der Waals surface area contributed by atoms with Crippen LogP contribution in [0, 0.1) is 11.6 Å². The van der Waals surface area contributed by atoms with Gasteiger partial charge in [0, 0.05) is 6.04 Å². The summed E-state index contributed by atoms with van der Waals surface area (Å²) in [5.74, 6) is -1.70. The third-order valence-corrected chi connectivity index (χ3v) is 2.38. The van der Waals surface area contributed by atoms with Gasteiger partial charge in [-0.3, -0.25) is 0 Å². The monoisotopic (exact) mass is 211 g/mol. The lowest BCUT2D eigenvalue weighted by Crippen LogP contribution is -2.11. The van der Waals surface area contributed by atoms with Crippen LogP contribution < -0.4 is 5.73 Å². The lowest BCUT2D eigenvalue weighted by molar-refractivity contribution is 0.505. The molecular weight excluding hydrogens is 196 g/mol. The highest BCUT2D eigenvalue weighted by atomic mass is 19.2. The average Bonchev–Trinajstić information content (AvgIpc) is 2.21. The molecule has 15 heavy (non-hydrogen) atoms. The molecular formula is C12H15F2N. The molecule has 1 nitrogen and oxygen atoms in total. The molecule has 0 aliphatic rings. The Morgan fingerprint density at radius 1 is 1.40 bits per heavy atom. The van der Waals surface area contributed by atoms with Crippen molar-refractivity contribution in [2.75, 3.05) is 0 Å². The summed E-state index contributed by atoms with van der Waals surface area (Å²) in [6.07, 6.45) is 1.44. The number of hydrogen-bond acceptors (Lipinski definition) is 1. The van der Waals surface area contributed by atoms with E-state index in [-0.39, 0.29) is 6.04 Å². The number of halogens is 2. The minimum Gasteiger partial charge on any atom is -0.324 e. The second-order valence-electron chi connectivity index (χ2n) is 3.59. The van der Waals surface area contributed by atoms with Gasteiger partial charge in [-0.25, -0.2) is 8.78 Å². The summed E-state index contributed by atoms with van der Waals surface area (Å²) in [5.41, 5.74) is 7.45. The third kappa shape index (κ3) is 3.13. The lowest BCUT2D eigenvalue weighted by Gasteiger charge is -2.13. The number of nitrogens with two attached hydrogens (primary N) is 1. The summed E-state index contributed by atoms with van der Waals surface area (Å²) in [7, 11) is 0. The van der Waals surface area contributed by atoms with E-state index in [0.29, 0.717) is 12.0 Å². The molecule has 1 unspecified atom stereocenters. The first-order chi connectivity index (χ1) is 7.04. The van der Waals surface area contributed by atoms with E-state index in [1.165, 1.54) is 6.07 Å². The van der Waals surface area contributed by atoms with Crippen LogP contribution in [0.1, 0.15) is 31.4 Å². The van der Waals surface area contributed by atoms with Crippen molar-refractivity contribution in [1.82, 2.24) is 0 Å². The molecule has 2 N–H and O–H groups in total. The molecule has 0 aromatic heterocycles. The van der Waals surface area contributed by atoms with E-state index in [1.54, 1.807) is 0 Å². The van der Waals surface area contributed by atoms with Gasteiger partial charge >= 0.3 is 0 Å². The fourth-order valence-corrected chi connectivity index (χ4v) is 1.32. The van der Waals surface area contributed by atoms with Crippen LogP contribution in [0.2, 0.25) is 0 Å². The van der Waals surface area contributed by atoms with E-state index < -0.39 is 11.6 Å². The molecule has 0 fully saturated rings. The molecule has 0 aliphatic heterocycles. The van der Waals surface area contributed by atoms with Gasteiger partial charge < -0.3 is 5.73 Å². The Kier molecular flexibility index (Phi) is 3.97. The van der Waals surface area contributed by atoms with Crippen molar-refractivity contribution in [3.05, 3.63) is 47.5 Å². The Morgan fingerprint density at radius 3 is 2.60 bits per heavy atom. The van der Waals surface area contributed by atoms with Crippen LogP contribution in [0.15, 0.2) is 30.4 Å². The molecule has 1 rings (SSSR count). The zero-order chi connectivity index (χ0) is 11.4. The van der Waals surface area contributed by atoms with E-state index in [4.69, 9.17) is 5.73 Å². The molecule has 3 heteroatoms. The molecule has 0 bridgehead atoms. The first-order valence-electron chi connectivity index (χ1n) is 4.91. The van der Waals surface area contributed by atoms with Crippen molar-refractivity contribution in [3.63, 3.8) is 0 Å². The molecule has 1 atom stereocenters. The second-order valence-corrected chi connectivity index (χ2v) is 3.59. The van der Waals surface area contributed by atoms with E-state index >= 15 is 0 Å². The van der Waals surface area contributed by atoms with Crippen LogP contribution >= 0.6 is 0 Å². The van der Waals surface area contributed by atoms with Crippen molar-refractivity contribution in [3.8, 4) is 0 Å². The Hall–Kier alpha value is -1.22.